The van der Waals surface area contributed by atoms with Crippen LogP contribution < -0.4 is 14.8 Å². The zero-order valence-corrected chi connectivity index (χ0v) is 21.0. The van der Waals surface area contributed by atoms with Crippen LogP contribution in [0.2, 0.25) is 0 Å². The van der Waals surface area contributed by atoms with Gasteiger partial charge in [0.15, 0.2) is 11.5 Å². The predicted molar refractivity (Wildman–Crippen MR) is 136 cm³/mol. The highest BCUT2D eigenvalue weighted by molar-refractivity contribution is 14.1. The molecule has 1 N–H and O–H groups in total. The largest absolute Gasteiger partial charge is 0.493 e. The molecule has 0 heterocycles. The molecular formula is C25H20BrIN2O3. The molecule has 0 atom stereocenters. The molecular weight excluding hydrogens is 583 g/mol. The molecule has 0 aliphatic carbocycles. The second-order valence-electron chi connectivity index (χ2n) is 6.79. The van der Waals surface area contributed by atoms with Gasteiger partial charge in [-0.15, -0.1) is 0 Å². The maximum absolute atomic E-state index is 12.5. The van der Waals surface area contributed by atoms with E-state index in [9.17, 15) is 10.1 Å². The Balaban J connectivity index is 1.75. The van der Waals surface area contributed by atoms with Crippen molar-refractivity contribution in [2.24, 2.45) is 0 Å². The molecule has 5 nitrogen and oxygen atoms in total. The summed E-state index contributed by atoms with van der Waals surface area (Å²) >= 11 is 5.58. The number of nitrogens with one attached hydrogen (secondary N) is 1. The van der Waals surface area contributed by atoms with Crippen molar-refractivity contribution in [3.8, 4) is 17.6 Å². The minimum atomic E-state index is -0.430. The van der Waals surface area contributed by atoms with Crippen LogP contribution in [0.1, 0.15) is 16.7 Å². The molecule has 7 heteroatoms. The third-order valence-electron chi connectivity index (χ3n) is 4.52. The Morgan fingerprint density at radius 1 is 1.12 bits per heavy atom. The van der Waals surface area contributed by atoms with Crippen molar-refractivity contribution in [1.29, 1.82) is 5.26 Å². The van der Waals surface area contributed by atoms with E-state index in [0.717, 1.165) is 19.2 Å². The topological polar surface area (TPSA) is 71.3 Å². The Morgan fingerprint density at radius 3 is 2.50 bits per heavy atom. The van der Waals surface area contributed by atoms with Crippen LogP contribution in [0.4, 0.5) is 0 Å². The van der Waals surface area contributed by atoms with Gasteiger partial charge in [-0.2, -0.15) is 5.26 Å². The highest BCUT2D eigenvalue weighted by Gasteiger charge is 2.14. The molecule has 3 aromatic rings. The molecule has 0 unspecified atom stereocenters. The van der Waals surface area contributed by atoms with E-state index in [4.69, 9.17) is 9.47 Å². The number of benzene rings is 3. The molecule has 162 valence electrons. The van der Waals surface area contributed by atoms with E-state index in [0.29, 0.717) is 30.2 Å². The Kier molecular flexibility index (Phi) is 8.71. The first-order chi connectivity index (χ1) is 15.5. The number of hydrogen-bond acceptors (Lipinski definition) is 4. The van der Waals surface area contributed by atoms with E-state index in [1.807, 2.05) is 66.7 Å². The van der Waals surface area contributed by atoms with Crippen molar-refractivity contribution in [3.63, 3.8) is 0 Å². The molecule has 0 aliphatic heterocycles. The van der Waals surface area contributed by atoms with E-state index < -0.39 is 5.91 Å². The monoisotopic (exact) mass is 602 g/mol. The first-order valence-corrected chi connectivity index (χ1v) is 11.6. The van der Waals surface area contributed by atoms with Gasteiger partial charge in [0.05, 0.1) is 10.7 Å². The fourth-order valence-electron chi connectivity index (χ4n) is 2.89. The molecule has 1 amide bonds. The maximum atomic E-state index is 12.5. The lowest BCUT2D eigenvalue weighted by Crippen LogP contribution is -2.23. The zero-order valence-electron chi connectivity index (χ0n) is 17.3. The van der Waals surface area contributed by atoms with Gasteiger partial charge in [0.1, 0.15) is 18.2 Å². The summed E-state index contributed by atoms with van der Waals surface area (Å²) < 4.78 is 13.3. The fourth-order valence-corrected chi connectivity index (χ4v) is 3.93. The molecule has 0 bridgehead atoms. The molecule has 3 aromatic carbocycles. The van der Waals surface area contributed by atoms with E-state index in [1.165, 1.54) is 0 Å². The standard InChI is InChI=1S/C25H20BrIN2O3/c1-31-23-13-19(11-20(14-28)25(30)29-15-17-5-3-2-4-6-17)12-22(27)24(23)32-16-18-7-9-21(26)10-8-18/h2-13H,15-16H2,1H3,(H,29,30)/b20-11-. The number of hydrogen-bond donors (Lipinski definition) is 1. The lowest BCUT2D eigenvalue weighted by Gasteiger charge is -2.14. The molecule has 3 rings (SSSR count). The van der Waals surface area contributed by atoms with Crippen LogP contribution in [0.25, 0.3) is 6.08 Å². The Bertz CT molecular complexity index is 1160. The van der Waals surface area contributed by atoms with E-state index >= 15 is 0 Å². The second-order valence-corrected chi connectivity index (χ2v) is 8.87. The van der Waals surface area contributed by atoms with Crippen molar-refractivity contribution in [1.82, 2.24) is 5.32 Å². The number of ether oxygens (including phenoxy) is 2. The molecule has 0 saturated heterocycles. The summed E-state index contributed by atoms with van der Waals surface area (Å²) in [5.74, 6) is 0.711. The van der Waals surface area contributed by atoms with Crippen LogP contribution in [-0.2, 0) is 17.9 Å². The maximum Gasteiger partial charge on any atom is 0.262 e. The van der Waals surface area contributed by atoms with Crippen LogP contribution in [0.3, 0.4) is 0 Å². The number of carbonyl (C=O) groups excluding carboxylic acids is 1. The summed E-state index contributed by atoms with van der Waals surface area (Å²) in [6.07, 6.45) is 1.55. The number of methoxy groups -OCH3 is 1. The minimum Gasteiger partial charge on any atom is -0.493 e. The second kappa shape index (κ2) is 11.7. The van der Waals surface area contributed by atoms with Gasteiger partial charge in [-0.3, -0.25) is 4.79 Å². The Labute approximate surface area is 209 Å². The number of carbonyl (C=O) groups is 1. The first kappa shape index (κ1) is 23.8. The smallest absolute Gasteiger partial charge is 0.262 e. The fraction of sp³-hybridized carbons (Fsp3) is 0.120. The van der Waals surface area contributed by atoms with Crippen molar-refractivity contribution in [3.05, 3.63) is 97.0 Å². The van der Waals surface area contributed by atoms with Gasteiger partial charge < -0.3 is 14.8 Å². The number of halogens is 2. The third kappa shape index (κ3) is 6.58. The highest BCUT2D eigenvalue weighted by Crippen LogP contribution is 2.35. The number of rotatable bonds is 8. The number of amides is 1. The van der Waals surface area contributed by atoms with Gasteiger partial charge >= 0.3 is 0 Å². The van der Waals surface area contributed by atoms with E-state index in [2.05, 4.69) is 43.8 Å². The summed E-state index contributed by atoms with van der Waals surface area (Å²) in [7, 11) is 1.56. The van der Waals surface area contributed by atoms with Crippen LogP contribution in [-0.4, -0.2) is 13.0 Å². The Hall–Kier alpha value is -2.83. The molecule has 0 saturated carbocycles. The van der Waals surface area contributed by atoms with Crippen LogP contribution in [0, 0.1) is 14.9 Å². The zero-order chi connectivity index (χ0) is 22.9. The average Bonchev–Trinajstić information content (AvgIpc) is 2.81. The van der Waals surface area contributed by atoms with Crippen molar-refractivity contribution in [2.75, 3.05) is 7.11 Å². The molecule has 0 aromatic heterocycles. The molecule has 0 spiro atoms. The molecule has 0 radical (unpaired) electrons. The van der Waals surface area contributed by atoms with Crippen molar-refractivity contribution in [2.45, 2.75) is 13.2 Å². The summed E-state index contributed by atoms with van der Waals surface area (Å²) in [4.78, 5) is 12.5. The first-order valence-electron chi connectivity index (χ1n) is 9.69. The quantitative estimate of drug-likeness (QED) is 0.199. The van der Waals surface area contributed by atoms with Gasteiger partial charge in [0.2, 0.25) is 0 Å². The molecule has 0 fully saturated rings. The number of nitriles is 1. The van der Waals surface area contributed by atoms with Crippen LogP contribution in [0.15, 0.2) is 76.8 Å². The van der Waals surface area contributed by atoms with Gasteiger partial charge in [0.25, 0.3) is 5.91 Å². The average molecular weight is 603 g/mol. The minimum absolute atomic E-state index is 0.0160. The SMILES string of the molecule is COc1cc(/C=C(/C#N)C(=O)NCc2ccccc2)cc(I)c1OCc1ccc(Br)cc1. The van der Waals surface area contributed by atoms with Gasteiger partial charge in [-0.1, -0.05) is 58.4 Å². The Morgan fingerprint density at radius 2 is 1.84 bits per heavy atom. The number of nitrogens with zero attached hydrogens (tertiary/aromatic N) is 1. The van der Waals surface area contributed by atoms with E-state index in [-0.39, 0.29) is 5.57 Å². The van der Waals surface area contributed by atoms with Crippen LogP contribution in [0.5, 0.6) is 11.5 Å². The van der Waals surface area contributed by atoms with Gasteiger partial charge in [-0.25, -0.2) is 0 Å². The van der Waals surface area contributed by atoms with E-state index in [1.54, 1.807) is 19.3 Å². The predicted octanol–water partition coefficient (Wildman–Crippen LogP) is 5.86. The summed E-state index contributed by atoms with van der Waals surface area (Å²) in [6.45, 7) is 0.739. The highest BCUT2D eigenvalue weighted by atomic mass is 127. The lowest BCUT2D eigenvalue weighted by molar-refractivity contribution is -0.117. The van der Waals surface area contributed by atoms with Crippen LogP contribution >= 0.6 is 38.5 Å². The van der Waals surface area contributed by atoms with Crippen molar-refractivity contribution >= 4 is 50.5 Å². The third-order valence-corrected chi connectivity index (χ3v) is 5.85. The lowest BCUT2D eigenvalue weighted by atomic mass is 10.1. The molecule has 0 aliphatic rings. The summed E-state index contributed by atoms with van der Waals surface area (Å²) in [6, 6.07) is 23.0. The van der Waals surface area contributed by atoms with Gasteiger partial charge in [-0.05, 0) is 69.6 Å². The summed E-state index contributed by atoms with van der Waals surface area (Å²) in [5, 5.41) is 12.3. The van der Waals surface area contributed by atoms with Gasteiger partial charge in [0, 0.05) is 11.0 Å². The van der Waals surface area contributed by atoms with Crippen molar-refractivity contribution < 1.29 is 14.3 Å². The molecule has 32 heavy (non-hydrogen) atoms. The normalized spacial score (nSPS) is 10.9. The summed E-state index contributed by atoms with van der Waals surface area (Å²) in [5.41, 5.74) is 2.68.